The second-order valence-corrected chi connectivity index (χ2v) is 5.84. The minimum absolute atomic E-state index is 0.0847. The van der Waals surface area contributed by atoms with Crippen molar-refractivity contribution in [1.82, 2.24) is 4.57 Å². The van der Waals surface area contributed by atoms with Gasteiger partial charge in [0.2, 0.25) is 0 Å². The zero-order valence-electron chi connectivity index (χ0n) is 11.6. The number of Topliss-reactive ketones (excluding diaryl/α,β-unsaturated/α-hetero) is 1. The number of hydrogen-bond donors (Lipinski definition) is 0. The number of aryl methyl sites for hydroxylation is 1. The van der Waals surface area contributed by atoms with Gasteiger partial charge in [-0.15, -0.1) is 0 Å². The molecule has 1 aromatic heterocycles. The number of rotatable bonds is 4. The van der Waals surface area contributed by atoms with Crippen LogP contribution in [0.15, 0.2) is 18.5 Å². The maximum Gasteiger partial charge on any atom is 0.189 e. The fourth-order valence-corrected chi connectivity index (χ4v) is 2.95. The van der Waals surface area contributed by atoms with Gasteiger partial charge in [-0.3, -0.25) is 4.79 Å². The predicted molar refractivity (Wildman–Crippen MR) is 71.7 cm³/mol. The maximum atomic E-state index is 11.9. The molecule has 18 heavy (non-hydrogen) atoms. The van der Waals surface area contributed by atoms with E-state index in [1.54, 1.807) is 0 Å². The molecule has 1 aromatic rings. The first kappa shape index (κ1) is 13.3. The largest absolute Gasteiger partial charge is 0.370 e. The summed E-state index contributed by atoms with van der Waals surface area (Å²) in [5, 5.41) is 0. The first-order valence-corrected chi connectivity index (χ1v) is 6.81. The van der Waals surface area contributed by atoms with Crippen LogP contribution in [0, 0.1) is 11.8 Å². The van der Waals surface area contributed by atoms with Crippen LogP contribution in [0.2, 0.25) is 0 Å². The number of aromatic nitrogens is 1. The van der Waals surface area contributed by atoms with Gasteiger partial charge in [0, 0.05) is 25.0 Å². The SMILES string of the molecule is CC1CC(C)CC(OCC(=O)c2ccn(C)c2)C1. The van der Waals surface area contributed by atoms with Gasteiger partial charge in [0.05, 0.1) is 6.10 Å². The highest BCUT2D eigenvalue weighted by Crippen LogP contribution is 2.30. The van der Waals surface area contributed by atoms with E-state index in [9.17, 15) is 4.79 Å². The molecule has 0 aliphatic heterocycles. The average Bonchev–Trinajstić information content (AvgIpc) is 2.71. The van der Waals surface area contributed by atoms with Crippen LogP contribution < -0.4 is 0 Å². The Hall–Kier alpha value is -1.09. The molecule has 0 radical (unpaired) electrons. The summed E-state index contributed by atoms with van der Waals surface area (Å²) in [6.45, 7) is 4.75. The lowest BCUT2D eigenvalue weighted by Gasteiger charge is -2.31. The molecule has 0 aromatic carbocycles. The molecule has 0 N–H and O–H groups in total. The van der Waals surface area contributed by atoms with Crippen molar-refractivity contribution in [3.05, 3.63) is 24.0 Å². The van der Waals surface area contributed by atoms with E-state index in [2.05, 4.69) is 13.8 Å². The molecule has 0 spiro atoms. The van der Waals surface area contributed by atoms with Crippen LogP contribution in [-0.2, 0) is 11.8 Å². The van der Waals surface area contributed by atoms with E-state index in [1.165, 1.54) is 6.42 Å². The Morgan fingerprint density at radius 1 is 1.33 bits per heavy atom. The summed E-state index contributed by atoms with van der Waals surface area (Å²) in [4.78, 5) is 11.9. The first-order valence-electron chi connectivity index (χ1n) is 6.81. The molecule has 2 rings (SSSR count). The Labute approximate surface area is 109 Å². The van der Waals surface area contributed by atoms with Crippen LogP contribution in [0.25, 0.3) is 0 Å². The Kier molecular flexibility index (Phi) is 4.23. The van der Waals surface area contributed by atoms with Crippen molar-refractivity contribution in [2.24, 2.45) is 18.9 Å². The van der Waals surface area contributed by atoms with E-state index in [0.717, 1.165) is 18.4 Å². The maximum absolute atomic E-state index is 11.9. The Morgan fingerprint density at radius 2 is 2.00 bits per heavy atom. The van der Waals surface area contributed by atoms with Gasteiger partial charge in [0.25, 0.3) is 0 Å². The Morgan fingerprint density at radius 3 is 2.56 bits per heavy atom. The smallest absolute Gasteiger partial charge is 0.189 e. The Bertz CT molecular complexity index is 400. The van der Waals surface area contributed by atoms with Crippen LogP contribution in [0.3, 0.4) is 0 Å². The standard InChI is InChI=1S/C15H23NO2/c1-11-6-12(2)8-14(7-11)18-10-15(17)13-4-5-16(3)9-13/h4-5,9,11-12,14H,6-8,10H2,1-3H3. The number of hydrogen-bond acceptors (Lipinski definition) is 2. The highest BCUT2D eigenvalue weighted by Gasteiger charge is 2.25. The third-order valence-corrected chi connectivity index (χ3v) is 3.74. The molecule has 1 aliphatic rings. The zero-order valence-corrected chi connectivity index (χ0v) is 11.6. The van der Waals surface area contributed by atoms with Crippen molar-refractivity contribution in [1.29, 1.82) is 0 Å². The molecule has 1 fully saturated rings. The number of carbonyl (C=O) groups is 1. The first-order chi connectivity index (χ1) is 8.54. The van der Waals surface area contributed by atoms with E-state index in [0.29, 0.717) is 11.8 Å². The van der Waals surface area contributed by atoms with Crippen LogP contribution in [0.4, 0.5) is 0 Å². The molecule has 2 unspecified atom stereocenters. The summed E-state index contributed by atoms with van der Waals surface area (Å²) in [6.07, 6.45) is 7.46. The van der Waals surface area contributed by atoms with Gasteiger partial charge in [-0.05, 0) is 37.2 Å². The molecule has 3 heteroatoms. The van der Waals surface area contributed by atoms with Gasteiger partial charge in [0.1, 0.15) is 6.61 Å². The number of nitrogens with zero attached hydrogens (tertiary/aromatic N) is 1. The molecule has 1 saturated carbocycles. The molecule has 1 heterocycles. The van der Waals surface area contributed by atoms with E-state index in [-0.39, 0.29) is 18.5 Å². The van der Waals surface area contributed by atoms with Crippen molar-refractivity contribution in [3.8, 4) is 0 Å². The molecule has 2 atom stereocenters. The third-order valence-electron chi connectivity index (χ3n) is 3.74. The van der Waals surface area contributed by atoms with Crippen molar-refractivity contribution >= 4 is 5.78 Å². The summed E-state index contributed by atoms with van der Waals surface area (Å²) < 4.78 is 7.68. The fraction of sp³-hybridized carbons (Fsp3) is 0.667. The van der Waals surface area contributed by atoms with E-state index >= 15 is 0 Å². The summed E-state index contributed by atoms with van der Waals surface area (Å²) in [6, 6.07) is 1.85. The lowest BCUT2D eigenvalue weighted by atomic mass is 9.82. The second-order valence-electron chi connectivity index (χ2n) is 5.84. The fourth-order valence-electron chi connectivity index (χ4n) is 2.95. The van der Waals surface area contributed by atoms with Crippen LogP contribution >= 0.6 is 0 Å². The molecule has 0 amide bonds. The van der Waals surface area contributed by atoms with Gasteiger partial charge < -0.3 is 9.30 Å². The molecule has 1 aliphatic carbocycles. The molecule has 100 valence electrons. The second kappa shape index (κ2) is 5.70. The lowest BCUT2D eigenvalue weighted by molar-refractivity contribution is 0.00562. The predicted octanol–water partition coefficient (Wildman–Crippen LogP) is 3.05. The van der Waals surface area contributed by atoms with E-state index < -0.39 is 0 Å². The highest BCUT2D eigenvalue weighted by atomic mass is 16.5. The molecular formula is C15H23NO2. The summed E-state index contributed by atoms with van der Waals surface area (Å²) in [5.41, 5.74) is 0.745. The quantitative estimate of drug-likeness (QED) is 0.768. The van der Waals surface area contributed by atoms with Crippen molar-refractivity contribution in [2.75, 3.05) is 6.61 Å². The zero-order chi connectivity index (χ0) is 13.1. The minimum atomic E-state index is 0.0847. The van der Waals surface area contributed by atoms with Gasteiger partial charge in [0.15, 0.2) is 5.78 Å². The number of ketones is 1. The Balaban J connectivity index is 1.82. The van der Waals surface area contributed by atoms with E-state index in [1.807, 2.05) is 30.1 Å². The van der Waals surface area contributed by atoms with Crippen LogP contribution in [0.1, 0.15) is 43.5 Å². The third kappa shape index (κ3) is 3.45. The monoisotopic (exact) mass is 249 g/mol. The summed E-state index contributed by atoms with van der Waals surface area (Å²) in [5.74, 6) is 1.51. The molecule has 0 bridgehead atoms. The summed E-state index contributed by atoms with van der Waals surface area (Å²) >= 11 is 0. The minimum Gasteiger partial charge on any atom is -0.370 e. The molecular weight excluding hydrogens is 226 g/mol. The normalized spacial score (nSPS) is 28.3. The van der Waals surface area contributed by atoms with Gasteiger partial charge in [-0.2, -0.15) is 0 Å². The number of carbonyl (C=O) groups excluding carboxylic acids is 1. The number of ether oxygens (including phenoxy) is 1. The average molecular weight is 249 g/mol. The molecule has 3 nitrogen and oxygen atoms in total. The van der Waals surface area contributed by atoms with Crippen LogP contribution in [-0.4, -0.2) is 23.1 Å². The van der Waals surface area contributed by atoms with Crippen LogP contribution in [0.5, 0.6) is 0 Å². The van der Waals surface area contributed by atoms with Gasteiger partial charge >= 0.3 is 0 Å². The molecule has 0 saturated heterocycles. The summed E-state index contributed by atoms with van der Waals surface area (Å²) in [7, 11) is 1.92. The highest BCUT2D eigenvalue weighted by molar-refractivity contribution is 5.96. The van der Waals surface area contributed by atoms with E-state index in [4.69, 9.17) is 4.74 Å². The van der Waals surface area contributed by atoms with Gasteiger partial charge in [-0.1, -0.05) is 13.8 Å². The van der Waals surface area contributed by atoms with Gasteiger partial charge in [-0.25, -0.2) is 0 Å². The van der Waals surface area contributed by atoms with Crippen molar-refractivity contribution < 1.29 is 9.53 Å². The van der Waals surface area contributed by atoms with Crippen molar-refractivity contribution in [2.45, 2.75) is 39.2 Å². The van der Waals surface area contributed by atoms with Crippen molar-refractivity contribution in [3.63, 3.8) is 0 Å². The lowest BCUT2D eigenvalue weighted by Crippen LogP contribution is -2.28. The topological polar surface area (TPSA) is 31.2 Å².